The number of Topliss-reactive ketones (excluding diaryl/α,β-unsaturated/α-hetero) is 1. The third kappa shape index (κ3) is 4.89. The van der Waals surface area contributed by atoms with E-state index in [9.17, 15) is 27.1 Å². The normalized spacial score (nSPS) is 22.5. The number of aryl methyl sites for hydroxylation is 1. The number of fused-ring (bicyclic) bond motifs is 2. The minimum absolute atomic E-state index is 0.0362. The summed E-state index contributed by atoms with van der Waals surface area (Å²) < 4.78 is 66.2. The summed E-state index contributed by atoms with van der Waals surface area (Å²) in [5, 5.41) is 0. The monoisotopic (exact) mass is 586 g/mol. The molecule has 2 fully saturated rings. The Morgan fingerprint density at radius 1 is 1.10 bits per heavy atom. The molecule has 218 valence electrons. The van der Waals surface area contributed by atoms with Crippen LogP contribution in [0.1, 0.15) is 51.6 Å². The highest BCUT2D eigenvalue weighted by Crippen LogP contribution is 2.68. The maximum absolute atomic E-state index is 14.6. The van der Waals surface area contributed by atoms with Crippen molar-refractivity contribution in [2.75, 3.05) is 6.61 Å². The molecule has 0 aliphatic heterocycles. The number of nitrogens with one attached hydrogen (secondary N) is 1. The number of hydrogen-bond donors (Lipinski definition) is 2. The van der Waals surface area contributed by atoms with Crippen molar-refractivity contribution in [2.45, 2.75) is 46.1 Å². The number of aromatic nitrogens is 1. The predicted octanol–water partition coefficient (Wildman–Crippen LogP) is 5.68. The lowest BCUT2D eigenvalue weighted by atomic mass is 9.63. The van der Waals surface area contributed by atoms with Gasteiger partial charge in [-0.05, 0) is 60.9 Å². The van der Waals surface area contributed by atoms with Crippen LogP contribution in [0.25, 0.3) is 11.1 Å². The molecular formula is C30H32F2N2O6S. The highest BCUT2D eigenvalue weighted by molar-refractivity contribution is 7.77. The summed E-state index contributed by atoms with van der Waals surface area (Å²) in [4.78, 5) is 26.0. The van der Waals surface area contributed by atoms with Crippen molar-refractivity contribution in [1.29, 1.82) is 0 Å². The number of ether oxygens (including phenoxy) is 2. The van der Waals surface area contributed by atoms with Gasteiger partial charge in [0.15, 0.2) is 11.6 Å². The fourth-order valence-electron chi connectivity index (χ4n) is 6.74. The van der Waals surface area contributed by atoms with Gasteiger partial charge in [-0.15, -0.1) is 0 Å². The highest BCUT2D eigenvalue weighted by atomic mass is 32.2. The fourth-order valence-corrected chi connectivity index (χ4v) is 7.27. The Morgan fingerprint density at radius 2 is 1.83 bits per heavy atom. The van der Waals surface area contributed by atoms with E-state index in [0.717, 1.165) is 12.5 Å². The topological polar surface area (TPSA) is 107 Å². The van der Waals surface area contributed by atoms with Gasteiger partial charge in [0.25, 0.3) is 5.56 Å². The molecule has 2 unspecified atom stereocenters. The van der Waals surface area contributed by atoms with E-state index in [4.69, 9.17) is 9.47 Å². The Bertz CT molecular complexity index is 1610. The van der Waals surface area contributed by atoms with Crippen molar-refractivity contribution in [3.63, 3.8) is 0 Å². The zero-order valence-electron chi connectivity index (χ0n) is 23.2. The predicted molar refractivity (Wildman–Crippen MR) is 150 cm³/mol. The molecule has 3 aromatic rings. The minimum atomic E-state index is -2.45. The zero-order chi connectivity index (χ0) is 29.7. The van der Waals surface area contributed by atoms with Crippen LogP contribution in [0.5, 0.6) is 17.2 Å². The zero-order valence-corrected chi connectivity index (χ0v) is 24.0. The Balaban J connectivity index is 1.73. The summed E-state index contributed by atoms with van der Waals surface area (Å²) >= 11 is -2.45. The summed E-state index contributed by atoms with van der Waals surface area (Å²) in [6, 6.07) is 8.38. The number of benzene rings is 2. The number of carbonyl (C=O) groups is 1. The summed E-state index contributed by atoms with van der Waals surface area (Å²) in [6.07, 6.45) is 3.33. The van der Waals surface area contributed by atoms with Gasteiger partial charge in [-0.2, -0.15) is 0 Å². The van der Waals surface area contributed by atoms with Gasteiger partial charge in [-0.1, -0.05) is 19.9 Å². The van der Waals surface area contributed by atoms with Crippen molar-refractivity contribution in [1.82, 2.24) is 9.29 Å². The molecule has 1 heterocycles. The molecule has 0 spiro atoms. The van der Waals surface area contributed by atoms with Crippen molar-refractivity contribution >= 4 is 17.0 Å². The van der Waals surface area contributed by atoms with Gasteiger partial charge >= 0.3 is 0 Å². The van der Waals surface area contributed by atoms with Crippen LogP contribution in [0.4, 0.5) is 8.78 Å². The highest BCUT2D eigenvalue weighted by Gasteiger charge is 2.67. The summed E-state index contributed by atoms with van der Waals surface area (Å²) in [5.41, 5.74) is -0.336. The first-order chi connectivity index (χ1) is 19.4. The number of ketones is 1. The van der Waals surface area contributed by atoms with Gasteiger partial charge < -0.3 is 14.0 Å². The molecule has 2 aromatic carbocycles. The molecule has 41 heavy (non-hydrogen) atoms. The van der Waals surface area contributed by atoms with Crippen molar-refractivity contribution in [3.8, 4) is 28.4 Å². The Morgan fingerprint density at radius 3 is 2.44 bits per heavy atom. The van der Waals surface area contributed by atoms with Crippen molar-refractivity contribution < 1.29 is 31.8 Å². The van der Waals surface area contributed by atoms with Crippen LogP contribution in [0, 0.1) is 28.4 Å². The molecule has 0 saturated heterocycles. The first kappa shape index (κ1) is 29.1. The van der Waals surface area contributed by atoms with Crippen LogP contribution >= 0.6 is 0 Å². The number of halogens is 2. The molecule has 2 saturated carbocycles. The van der Waals surface area contributed by atoms with Crippen molar-refractivity contribution in [3.05, 3.63) is 76.2 Å². The lowest BCUT2D eigenvalue weighted by Crippen LogP contribution is -2.47. The van der Waals surface area contributed by atoms with Gasteiger partial charge in [-0.25, -0.2) is 17.7 Å². The van der Waals surface area contributed by atoms with E-state index in [-0.39, 0.29) is 41.1 Å². The maximum Gasteiger partial charge on any atom is 0.254 e. The number of pyridine rings is 1. The van der Waals surface area contributed by atoms with Crippen molar-refractivity contribution in [2.24, 2.45) is 23.8 Å². The number of rotatable bonds is 9. The van der Waals surface area contributed by atoms with E-state index in [2.05, 4.69) is 4.72 Å². The molecule has 1 aromatic heterocycles. The van der Waals surface area contributed by atoms with Crippen LogP contribution in [-0.2, 0) is 23.1 Å². The molecule has 2 bridgehead atoms. The molecule has 0 radical (unpaired) electrons. The van der Waals surface area contributed by atoms with Gasteiger partial charge in [0.2, 0.25) is 11.3 Å². The van der Waals surface area contributed by atoms with E-state index < -0.39 is 39.8 Å². The van der Waals surface area contributed by atoms with E-state index in [1.807, 2.05) is 13.8 Å². The van der Waals surface area contributed by atoms with E-state index >= 15 is 0 Å². The third-order valence-electron chi connectivity index (χ3n) is 8.93. The van der Waals surface area contributed by atoms with Gasteiger partial charge in [0, 0.05) is 42.9 Å². The maximum atomic E-state index is 14.6. The second kappa shape index (κ2) is 10.8. The minimum Gasteiger partial charge on any atom is -0.493 e. The molecule has 4 atom stereocenters. The average molecular weight is 587 g/mol. The average Bonchev–Trinajstić information content (AvgIpc) is 3.27. The summed E-state index contributed by atoms with van der Waals surface area (Å²) in [7, 11) is 1.57. The third-order valence-corrected chi connectivity index (χ3v) is 9.37. The van der Waals surface area contributed by atoms with Crippen LogP contribution < -0.4 is 19.8 Å². The van der Waals surface area contributed by atoms with Crippen LogP contribution in [0.3, 0.4) is 0 Å². The van der Waals surface area contributed by atoms with Gasteiger partial charge in [0.1, 0.15) is 23.1 Å². The van der Waals surface area contributed by atoms with Crippen LogP contribution in [-0.4, -0.2) is 25.7 Å². The first-order valence-corrected chi connectivity index (χ1v) is 14.5. The van der Waals surface area contributed by atoms with E-state index in [1.54, 1.807) is 38.4 Å². The van der Waals surface area contributed by atoms with E-state index in [0.29, 0.717) is 35.6 Å². The smallest absolute Gasteiger partial charge is 0.254 e. The van der Waals surface area contributed by atoms with Gasteiger partial charge in [-0.3, -0.25) is 14.1 Å². The largest absolute Gasteiger partial charge is 0.493 e. The Hall–Kier alpha value is -3.41. The first-order valence-electron chi connectivity index (χ1n) is 13.4. The standard InChI is InChI=1S/C30H32F2N2O6S/c1-5-39-25-15-27(36)34(4)16-21(25)20-12-17(6-8-23(20)40-24-9-7-19(31)14-22(24)32)28(33-41(37)38)30-11-10-18(13-26(30)35)29(30,2)3/h6-9,12,14-16,18,28,33H,5,10-11,13H2,1-4H3,(H,37,38)/t18-,28?,30-/m1/s1. The molecule has 11 heteroatoms. The molecule has 2 aliphatic carbocycles. The Kier molecular flexibility index (Phi) is 7.65. The van der Waals surface area contributed by atoms with Gasteiger partial charge in [0.05, 0.1) is 18.1 Å². The summed E-state index contributed by atoms with van der Waals surface area (Å²) in [5.74, 6) is -1.28. The molecule has 0 amide bonds. The Labute approximate surface area is 239 Å². The molecular weight excluding hydrogens is 554 g/mol. The molecule has 2 aliphatic rings. The van der Waals surface area contributed by atoms with Crippen LogP contribution in [0.2, 0.25) is 0 Å². The fraction of sp³-hybridized carbons (Fsp3) is 0.400. The summed E-state index contributed by atoms with van der Waals surface area (Å²) in [6.45, 7) is 6.08. The van der Waals surface area contributed by atoms with E-state index in [1.165, 1.54) is 16.7 Å². The SMILES string of the molecule is CCOc1cc(=O)n(C)cc1-c1cc(C(NS(=O)O)[C@@]23CC[C@H](CC2=O)C3(C)C)ccc1Oc1ccc(F)cc1F. The lowest BCUT2D eigenvalue weighted by Gasteiger charge is -2.43. The quantitative estimate of drug-likeness (QED) is 0.312. The molecule has 2 N–H and O–H groups in total. The lowest BCUT2D eigenvalue weighted by molar-refractivity contribution is -0.131. The van der Waals surface area contributed by atoms with Crippen LogP contribution in [0.15, 0.2) is 53.5 Å². The second-order valence-electron chi connectivity index (χ2n) is 11.2. The number of nitrogens with zero attached hydrogens (tertiary/aromatic N) is 1. The molecule has 5 rings (SSSR count). The number of hydrogen-bond acceptors (Lipinski definition) is 5. The molecule has 8 nitrogen and oxygen atoms in total. The second-order valence-corrected chi connectivity index (χ2v) is 12.0. The number of carbonyl (C=O) groups excluding carboxylic acids is 1.